The van der Waals surface area contributed by atoms with Crippen molar-refractivity contribution in [2.75, 3.05) is 11.9 Å². The zero-order valence-corrected chi connectivity index (χ0v) is 11.6. The van der Waals surface area contributed by atoms with E-state index in [4.69, 9.17) is 0 Å². The molecule has 2 unspecified atom stereocenters. The zero-order valence-electron chi connectivity index (χ0n) is 11.6. The Hall–Kier alpha value is -2.17. The van der Waals surface area contributed by atoms with E-state index in [0.717, 1.165) is 6.42 Å². The van der Waals surface area contributed by atoms with E-state index in [1.165, 1.54) is 29.2 Å². The smallest absolute Gasteiger partial charge is 0.307 e. The fraction of sp³-hybridized carbons (Fsp3) is 0.375. The van der Waals surface area contributed by atoms with Crippen molar-refractivity contribution in [3.8, 4) is 0 Å². The van der Waals surface area contributed by atoms with Gasteiger partial charge in [0.1, 0.15) is 5.82 Å². The minimum Gasteiger partial charge on any atom is -0.481 e. The number of carboxylic acids is 1. The van der Waals surface area contributed by atoms with Gasteiger partial charge in [0.25, 0.3) is 0 Å². The van der Waals surface area contributed by atoms with Crippen LogP contribution in [0.3, 0.4) is 0 Å². The van der Waals surface area contributed by atoms with Gasteiger partial charge in [0.05, 0.1) is 11.8 Å². The number of hydrogen-bond acceptors (Lipinski definition) is 2. The van der Waals surface area contributed by atoms with Crippen LogP contribution in [-0.2, 0) is 9.59 Å². The molecule has 1 fully saturated rings. The first-order valence-electron chi connectivity index (χ1n) is 6.93. The van der Waals surface area contributed by atoms with Gasteiger partial charge in [-0.3, -0.25) is 9.59 Å². The Kier molecular flexibility index (Phi) is 3.27. The standard InChI is InChI=1S/C16H16FNO3/c1-18(12-6-4-11(17)5-7-12)15(19)13-9-2-3-10(8-9)14(13)16(20)21/h2-7,9-10,13-14H,8H2,1H3,(H,20,21)/t9?,10?,13-,14+/m0/s1. The predicted octanol–water partition coefficient (Wildman–Crippen LogP) is 2.31. The van der Waals surface area contributed by atoms with Crippen LogP contribution >= 0.6 is 0 Å². The van der Waals surface area contributed by atoms with Crippen LogP contribution in [0.25, 0.3) is 0 Å². The Bertz CT molecular complexity index is 610. The highest BCUT2D eigenvalue weighted by atomic mass is 19.1. The van der Waals surface area contributed by atoms with Crippen LogP contribution in [0.4, 0.5) is 10.1 Å². The van der Waals surface area contributed by atoms with Crippen LogP contribution in [-0.4, -0.2) is 24.0 Å². The summed E-state index contributed by atoms with van der Waals surface area (Å²) in [6.07, 6.45) is 4.58. The van der Waals surface area contributed by atoms with Crippen LogP contribution < -0.4 is 4.90 Å². The van der Waals surface area contributed by atoms with Crippen LogP contribution in [0, 0.1) is 29.5 Å². The molecule has 4 atom stereocenters. The number of carbonyl (C=O) groups excluding carboxylic acids is 1. The molecule has 0 aromatic heterocycles. The molecule has 0 spiro atoms. The molecule has 1 saturated carbocycles. The second kappa shape index (κ2) is 4.98. The quantitative estimate of drug-likeness (QED) is 0.869. The Morgan fingerprint density at radius 2 is 1.71 bits per heavy atom. The molecule has 3 rings (SSSR count). The zero-order chi connectivity index (χ0) is 15.1. The molecule has 1 amide bonds. The summed E-state index contributed by atoms with van der Waals surface area (Å²) in [4.78, 5) is 25.6. The van der Waals surface area contributed by atoms with Gasteiger partial charge in [-0.15, -0.1) is 0 Å². The topological polar surface area (TPSA) is 57.6 Å². The summed E-state index contributed by atoms with van der Waals surface area (Å²) in [6, 6.07) is 5.61. The van der Waals surface area contributed by atoms with E-state index in [-0.39, 0.29) is 23.6 Å². The minimum absolute atomic E-state index is 0.00787. The molecule has 0 aliphatic heterocycles. The highest BCUT2D eigenvalue weighted by Crippen LogP contribution is 2.48. The first-order chi connectivity index (χ1) is 9.99. The number of halogens is 1. The van der Waals surface area contributed by atoms with Gasteiger partial charge < -0.3 is 10.0 Å². The van der Waals surface area contributed by atoms with E-state index in [9.17, 15) is 19.1 Å². The molecule has 0 saturated heterocycles. The average Bonchev–Trinajstić information content (AvgIpc) is 3.07. The molecule has 4 nitrogen and oxygen atoms in total. The molecule has 2 aliphatic carbocycles. The Labute approximate surface area is 121 Å². The summed E-state index contributed by atoms with van der Waals surface area (Å²) in [5.74, 6) is -2.76. The van der Waals surface area contributed by atoms with Crippen molar-refractivity contribution in [1.29, 1.82) is 0 Å². The number of carboxylic acid groups (broad SMARTS) is 1. The third-order valence-electron chi connectivity index (χ3n) is 4.57. The van der Waals surface area contributed by atoms with E-state index < -0.39 is 17.8 Å². The van der Waals surface area contributed by atoms with E-state index in [1.807, 2.05) is 12.2 Å². The number of hydrogen-bond donors (Lipinski definition) is 1. The lowest BCUT2D eigenvalue weighted by atomic mass is 9.82. The number of aliphatic carboxylic acids is 1. The molecule has 0 heterocycles. The Morgan fingerprint density at radius 1 is 1.14 bits per heavy atom. The lowest BCUT2D eigenvalue weighted by Crippen LogP contribution is -2.41. The summed E-state index contributed by atoms with van der Waals surface area (Å²) >= 11 is 0. The maximum atomic E-state index is 13.0. The first-order valence-corrected chi connectivity index (χ1v) is 6.93. The SMILES string of the molecule is CN(C(=O)[C@H]1C2C=CC(C2)[C@H]1C(=O)O)c1ccc(F)cc1. The number of fused-ring (bicyclic) bond motifs is 2. The van der Waals surface area contributed by atoms with Gasteiger partial charge in [-0.05, 0) is 42.5 Å². The molecule has 2 bridgehead atoms. The van der Waals surface area contributed by atoms with Crippen LogP contribution in [0.5, 0.6) is 0 Å². The van der Waals surface area contributed by atoms with Crippen LogP contribution in [0.15, 0.2) is 36.4 Å². The molecule has 0 radical (unpaired) electrons. The fourth-order valence-corrected chi connectivity index (χ4v) is 3.51. The molecule has 2 aliphatic rings. The number of anilines is 1. The average molecular weight is 289 g/mol. The van der Waals surface area contributed by atoms with Crippen molar-refractivity contribution in [3.63, 3.8) is 0 Å². The highest BCUT2D eigenvalue weighted by Gasteiger charge is 2.52. The summed E-state index contributed by atoms with van der Waals surface area (Å²) in [7, 11) is 1.60. The van der Waals surface area contributed by atoms with Crippen molar-refractivity contribution in [1.82, 2.24) is 0 Å². The minimum atomic E-state index is -0.919. The van der Waals surface area contributed by atoms with Gasteiger partial charge in [0, 0.05) is 12.7 Å². The molecule has 1 N–H and O–H groups in total. The van der Waals surface area contributed by atoms with E-state index in [2.05, 4.69) is 0 Å². The number of rotatable bonds is 3. The van der Waals surface area contributed by atoms with Crippen molar-refractivity contribution >= 4 is 17.6 Å². The van der Waals surface area contributed by atoms with Gasteiger partial charge in [-0.1, -0.05) is 12.2 Å². The molecule has 110 valence electrons. The van der Waals surface area contributed by atoms with Crippen molar-refractivity contribution in [2.45, 2.75) is 6.42 Å². The van der Waals surface area contributed by atoms with Gasteiger partial charge in [0.2, 0.25) is 5.91 Å². The largest absolute Gasteiger partial charge is 0.481 e. The van der Waals surface area contributed by atoms with E-state index in [0.29, 0.717) is 5.69 Å². The van der Waals surface area contributed by atoms with E-state index in [1.54, 1.807) is 7.05 Å². The van der Waals surface area contributed by atoms with Crippen LogP contribution in [0.1, 0.15) is 6.42 Å². The van der Waals surface area contributed by atoms with Crippen molar-refractivity contribution in [2.24, 2.45) is 23.7 Å². The summed E-state index contributed by atoms with van der Waals surface area (Å²) in [5.41, 5.74) is 0.567. The maximum Gasteiger partial charge on any atom is 0.307 e. The van der Waals surface area contributed by atoms with Gasteiger partial charge in [-0.25, -0.2) is 4.39 Å². The van der Waals surface area contributed by atoms with Crippen LogP contribution in [0.2, 0.25) is 0 Å². The van der Waals surface area contributed by atoms with Gasteiger partial charge in [0.15, 0.2) is 0 Å². The highest BCUT2D eigenvalue weighted by molar-refractivity contribution is 5.97. The first kappa shape index (κ1) is 13.8. The monoisotopic (exact) mass is 289 g/mol. The Morgan fingerprint density at radius 3 is 2.29 bits per heavy atom. The number of carbonyl (C=O) groups is 2. The number of amides is 1. The molecular formula is C16H16FNO3. The van der Waals surface area contributed by atoms with Crippen molar-refractivity contribution < 1.29 is 19.1 Å². The fourth-order valence-electron chi connectivity index (χ4n) is 3.51. The molecule has 1 aromatic carbocycles. The van der Waals surface area contributed by atoms with E-state index >= 15 is 0 Å². The second-order valence-electron chi connectivity index (χ2n) is 5.71. The van der Waals surface area contributed by atoms with Crippen molar-refractivity contribution in [3.05, 3.63) is 42.2 Å². The normalized spacial score (nSPS) is 29.6. The molecule has 5 heteroatoms. The summed E-state index contributed by atoms with van der Waals surface area (Å²) in [6.45, 7) is 0. The molecule has 1 aromatic rings. The number of nitrogens with zero attached hydrogens (tertiary/aromatic N) is 1. The third-order valence-corrected chi connectivity index (χ3v) is 4.57. The maximum absolute atomic E-state index is 13.0. The number of allylic oxidation sites excluding steroid dienone is 2. The summed E-state index contributed by atoms with van der Waals surface area (Å²) in [5, 5.41) is 9.39. The number of benzene rings is 1. The second-order valence-corrected chi connectivity index (χ2v) is 5.71. The molecular weight excluding hydrogens is 273 g/mol. The lowest BCUT2D eigenvalue weighted by Gasteiger charge is -2.28. The predicted molar refractivity (Wildman–Crippen MR) is 75.2 cm³/mol. The lowest BCUT2D eigenvalue weighted by molar-refractivity contribution is -0.147. The van der Waals surface area contributed by atoms with Gasteiger partial charge in [-0.2, -0.15) is 0 Å². The third kappa shape index (κ3) is 2.22. The van der Waals surface area contributed by atoms with Gasteiger partial charge >= 0.3 is 5.97 Å². The molecule has 21 heavy (non-hydrogen) atoms. The Balaban J connectivity index is 1.85. The summed E-state index contributed by atoms with van der Waals surface area (Å²) < 4.78 is 13.0.